The number of hydrogen-bond acceptors (Lipinski definition) is 4. The molecule has 0 aromatic heterocycles. The number of anilines is 1. The third-order valence-corrected chi connectivity index (χ3v) is 2.29. The number of hydrogen-bond donors (Lipinski definition) is 1. The SMILES string of the molecule is CCOC(CNc1cccc(F)c1C#N)OCC. The summed E-state index contributed by atoms with van der Waals surface area (Å²) in [6, 6.07) is 6.29. The second-order valence-electron chi connectivity index (χ2n) is 3.50. The van der Waals surface area contributed by atoms with Crippen LogP contribution in [0.1, 0.15) is 19.4 Å². The third kappa shape index (κ3) is 3.99. The molecular weight excluding hydrogens is 235 g/mol. The Morgan fingerprint density at radius 2 is 2.00 bits per heavy atom. The van der Waals surface area contributed by atoms with Gasteiger partial charge in [-0.15, -0.1) is 0 Å². The summed E-state index contributed by atoms with van der Waals surface area (Å²) in [7, 11) is 0. The summed E-state index contributed by atoms with van der Waals surface area (Å²) < 4.78 is 24.0. The molecule has 0 amide bonds. The van der Waals surface area contributed by atoms with Crippen LogP contribution in [0, 0.1) is 17.1 Å². The maximum absolute atomic E-state index is 13.3. The zero-order chi connectivity index (χ0) is 13.4. The van der Waals surface area contributed by atoms with Crippen LogP contribution in [0.25, 0.3) is 0 Å². The monoisotopic (exact) mass is 252 g/mol. The smallest absolute Gasteiger partial charge is 0.174 e. The highest BCUT2D eigenvalue weighted by Crippen LogP contribution is 2.17. The van der Waals surface area contributed by atoms with Gasteiger partial charge >= 0.3 is 0 Å². The molecule has 0 aliphatic heterocycles. The lowest BCUT2D eigenvalue weighted by Crippen LogP contribution is -2.26. The van der Waals surface area contributed by atoms with E-state index in [-0.39, 0.29) is 5.56 Å². The average Bonchev–Trinajstić information content (AvgIpc) is 2.36. The van der Waals surface area contributed by atoms with Gasteiger partial charge < -0.3 is 14.8 Å². The molecule has 4 nitrogen and oxygen atoms in total. The lowest BCUT2D eigenvalue weighted by atomic mass is 10.2. The van der Waals surface area contributed by atoms with Crippen molar-refractivity contribution < 1.29 is 13.9 Å². The van der Waals surface area contributed by atoms with E-state index in [1.165, 1.54) is 6.07 Å². The molecule has 18 heavy (non-hydrogen) atoms. The largest absolute Gasteiger partial charge is 0.379 e. The Balaban J connectivity index is 2.67. The topological polar surface area (TPSA) is 54.3 Å². The van der Waals surface area contributed by atoms with Crippen molar-refractivity contribution >= 4 is 5.69 Å². The fraction of sp³-hybridized carbons (Fsp3) is 0.462. The molecule has 0 aliphatic carbocycles. The Hall–Kier alpha value is -1.64. The van der Waals surface area contributed by atoms with E-state index in [4.69, 9.17) is 14.7 Å². The molecule has 0 unspecified atom stereocenters. The van der Waals surface area contributed by atoms with Crippen molar-refractivity contribution in [3.8, 4) is 6.07 Å². The second kappa shape index (κ2) is 7.64. The first-order valence-electron chi connectivity index (χ1n) is 5.88. The summed E-state index contributed by atoms with van der Waals surface area (Å²) in [6.45, 7) is 5.16. The van der Waals surface area contributed by atoms with Crippen molar-refractivity contribution in [3.05, 3.63) is 29.6 Å². The van der Waals surface area contributed by atoms with Crippen LogP contribution in [0.4, 0.5) is 10.1 Å². The first-order chi connectivity index (χ1) is 8.72. The Bertz CT molecular complexity index is 412. The summed E-state index contributed by atoms with van der Waals surface area (Å²) in [6.07, 6.45) is -0.408. The van der Waals surface area contributed by atoms with E-state index in [0.29, 0.717) is 25.4 Å². The van der Waals surface area contributed by atoms with Crippen LogP contribution in [0.15, 0.2) is 18.2 Å². The van der Waals surface area contributed by atoms with Gasteiger partial charge in [0.15, 0.2) is 6.29 Å². The van der Waals surface area contributed by atoms with E-state index < -0.39 is 12.1 Å². The Labute approximate surface area is 106 Å². The standard InChI is InChI=1S/C13H17FN2O2/c1-3-17-13(18-4-2)9-16-12-7-5-6-11(14)10(12)8-15/h5-7,13,16H,3-4,9H2,1-2H3. The molecule has 0 saturated carbocycles. The van der Waals surface area contributed by atoms with Crippen molar-refractivity contribution in [1.29, 1.82) is 5.26 Å². The van der Waals surface area contributed by atoms with Crippen LogP contribution in [0.2, 0.25) is 0 Å². The van der Waals surface area contributed by atoms with Crippen LogP contribution in [0.5, 0.6) is 0 Å². The van der Waals surface area contributed by atoms with Gasteiger partial charge in [0, 0.05) is 13.2 Å². The van der Waals surface area contributed by atoms with Crippen molar-refractivity contribution in [3.63, 3.8) is 0 Å². The van der Waals surface area contributed by atoms with Gasteiger partial charge in [-0.2, -0.15) is 5.26 Å². The van der Waals surface area contributed by atoms with Crippen molar-refractivity contribution in [2.24, 2.45) is 0 Å². The third-order valence-electron chi connectivity index (χ3n) is 2.29. The Morgan fingerprint density at radius 1 is 1.33 bits per heavy atom. The molecule has 5 heteroatoms. The van der Waals surface area contributed by atoms with E-state index in [2.05, 4.69) is 5.32 Å². The first-order valence-corrected chi connectivity index (χ1v) is 5.88. The summed E-state index contributed by atoms with van der Waals surface area (Å²) in [4.78, 5) is 0. The normalized spacial score (nSPS) is 10.4. The van der Waals surface area contributed by atoms with Gasteiger partial charge in [0.2, 0.25) is 0 Å². The van der Waals surface area contributed by atoms with Crippen molar-refractivity contribution in [2.75, 3.05) is 25.1 Å². The summed E-state index contributed by atoms with van der Waals surface area (Å²) in [5, 5.41) is 11.8. The molecule has 0 bridgehead atoms. The van der Waals surface area contributed by atoms with Gasteiger partial charge in [-0.1, -0.05) is 6.07 Å². The first kappa shape index (κ1) is 14.4. The van der Waals surface area contributed by atoms with Crippen molar-refractivity contribution in [2.45, 2.75) is 20.1 Å². The molecular formula is C13H17FN2O2. The molecule has 0 fully saturated rings. The van der Waals surface area contributed by atoms with Crippen LogP contribution < -0.4 is 5.32 Å². The van der Waals surface area contributed by atoms with Gasteiger partial charge in [-0.05, 0) is 26.0 Å². The molecule has 1 N–H and O–H groups in total. The van der Waals surface area contributed by atoms with Gasteiger partial charge in [0.25, 0.3) is 0 Å². The lowest BCUT2D eigenvalue weighted by molar-refractivity contribution is -0.126. The maximum atomic E-state index is 13.3. The van der Waals surface area contributed by atoms with Gasteiger partial charge in [0.1, 0.15) is 17.4 Å². The summed E-state index contributed by atoms with van der Waals surface area (Å²) in [5.41, 5.74) is 0.450. The molecule has 0 saturated heterocycles. The van der Waals surface area contributed by atoms with Crippen molar-refractivity contribution in [1.82, 2.24) is 0 Å². The number of ether oxygens (including phenoxy) is 2. The van der Waals surface area contributed by atoms with Crippen LogP contribution in [0.3, 0.4) is 0 Å². The minimum absolute atomic E-state index is 0.00393. The molecule has 1 aromatic carbocycles. The fourth-order valence-corrected chi connectivity index (χ4v) is 1.52. The number of halogens is 1. The summed E-state index contributed by atoms with van der Waals surface area (Å²) in [5.74, 6) is -0.535. The van der Waals surface area contributed by atoms with E-state index in [9.17, 15) is 4.39 Å². The predicted octanol–water partition coefficient (Wildman–Crippen LogP) is 2.51. The van der Waals surface area contributed by atoms with Gasteiger partial charge in [0.05, 0.1) is 12.2 Å². The zero-order valence-corrected chi connectivity index (χ0v) is 10.6. The molecule has 98 valence electrons. The number of nitrogens with one attached hydrogen (secondary N) is 1. The quantitative estimate of drug-likeness (QED) is 0.757. The van der Waals surface area contributed by atoms with E-state index in [0.717, 1.165) is 0 Å². The van der Waals surface area contributed by atoms with E-state index in [1.54, 1.807) is 12.1 Å². The molecule has 0 radical (unpaired) electrons. The van der Waals surface area contributed by atoms with E-state index in [1.807, 2.05) is 19.9 Å². The second-order valence-corrected chi connectivity index (χ2v) is 3.50. The minimum Gasteiger partial charge on any atom is -0.379 e. The van der Waals surface area contributed by atoms with Gasteiger partial charge in [-0.25, -0.2) is 4.39 Å². The minimum atomic E-state index is -0.535. The Morgan fingerprint density at radius 3 is 2.56 bits per heavy atom. The number of rotatable bonds is 7. The molecule has 0 atom stereocenters. The van der Waals surface area contributed by atoms with Crippen LogP contribution in [-0.4, -0.2) is 26.0 Å². The number of nitrogens with zero attached hydrogens (tertiary/aromatic N) is 1. The number of nitriles is 1. The van der Waals surface area contributed by atoms with Crippen LogP contribution >= 0.6 is 0 Å². The lowest BCUT2D eigenvalue weighted by Gasteiger charge is -2.18. The summed E-state index contributed by atoms with van der Waals surface area (Å²) >= 11 is 0. The van der Waals surface area contributed by atoms with E-state index >= 15 is 0 Å². The molecule has 0 heterocycles. The molecule has 1 aromatic rings. The van der Waals surface area contributed by atoms with Gasteiger partial charge in [-0.3, -0.25) is 0 Å². The highest BCUT2D eigenvalue weighted by atomic mass is 19.1. The fourth-order valence-electron chi connectivity index (χ4n) is 1.52. The Kier molecular flexibility index (Phi) is 6.12. The molecule has 0 aliphatic rings. The van der Waals surface area contributed by atoms with Crippen LogP contribution in [-0.2, 0) is 9.47 Å². The predicted molar refractivity (Wildman–Crippen MR) is 66.6 cm³/mol. The molecule has 0 spiro atoms. The maximum Gasteiger partial charge on any atom is 0.174 e. The highest BCUT2D eigenvalue weighted by Gasteiger charge is 2.11. The molecule has 1 rings (SSSR count). The zero-order valence-electron chi connectivity index (χ0n) is 10.6. The average molecular weight is 252 g/mol. The highest BCUT2D eigenvalue weighted by molar-refractivity contribution is 5.57. The number of benzene rings is 1.